The smallest absolute Gasteiger partial charge is 0.257 e. The second-order valence-electron chi connectivity index (χ2n) is 3.40. The molecule has 0 aliphatic rings. The normalized spacial score (nSPS) is 10.0. The van der Waals surface area contributed by atoms with Gasteiger partial charge in [0.05, 0.1) is 5.56 Å². The van der Waals surface area contributed by atoms with Crippen molar-refractivity contribution in [1.29, 1.82) is 0 Å². The number of para-hydroxylation sites is 1. The molecule has 0 atom stereocenters. The molecule has 3 nitrogen and oxygen atoms in total. The lowest BCUT2D eigenvalue weighted by molar-refractivity contribution is 0.0761. The van der Waals surface area contributed by atoms with Crippen LogP contribution in [-0.2, 0) is 0 Å². The molecule has 0 saturated heterocycles. The summed E-state index contributed by atoms with van der Waals surface area (Å²) in [5.74, 6) is -0.0468. The number of carbonyl (C=O) groups excluding carboxylic acids is 1. The molecule has 0 aromatic heterocycles. The molecule has 1 aromatic rings. The minimum absolute atomic E-state index is 0.0528. The predicted molar refractivity (Wildman–Crippen MR) is 60.0 cm³/mol. The zero-order valence-corrected chi connectivity index (χ0v) is 9.23. The van der Waals surface area contributed by atoms with Gasteiger partial charge in [-0.15, -0.1) is 0 Å². The highest BCUT2D eigenvalue weighted by Crippen LogP contribution is 2.17. The van der Waals surface area contributed by atoms with Crippen molar-refractivity contribution in [3.05, 3.63) is 29.8 Å². The summed E-state index contributed by atoms with van der Waals surface area (Å²) in [5, 5.41) is 9.55. The zero-order valence-electron chi connectivity index (χ0n) is 9.23. The Morgan fingerprint density at radius 1 is 1.33 bits per heavy atom. The molecule has 0 unspecified atom stereocenters. The number of benzene rings is 1. The average molecular weight is 207 g/mol. The van der Waals surface area contributed by atoms with Gasteiger partial charge in [0, 0.05) is 13.1 Å². The van der Waals surface area contributed by atoms with Gasteiger partial charge < -0.3 is 10.0 Å². The summed E-state index contributed by atoms with van der Waals surface area (Å²) in [6, 6.07) is 6.65. The molecule has 1 rings (SSSR count). The van der Waals surface area contributed by atoms with E-state index in [9.17, 15) is 9.90 Å². The van der Waals surface area contributed by atoms with E-state index in [4.69, 9.17) is 0 Å². The van der Waals surface area contributed by atoms with Gasteiger partial charge in [-0.1, -0.05) is 19.1 Å². The van der Waals surface area contributed by atoms with E-state index in [1.54, 1.807) is 23.1 Å². The lowest BCUT2D eigenvalue weighted by Crippen LogP contribution is -2.31. The van der Waals surface area contributed by atoms with E-state index < -0.39 is 0 Å². The summed E-state index contributed by atoms with van der Waals surface area (Å²) in [6.45, 7) is 5.36. The van der Waals surface area contributed by atoms with Crippen LogP contribution in [0.4, 0.5) is 0 Å². The lowest BCUT2D eigenvalue weighted by atomic mass is 10.1. The molecule has 0 spiro atoms. The van der Waals surface area contributed by atoms with Gasteiger partial charge in [-0.25, -0.2) is 0 Å². The molecule has 0 saturated carbocycles. The fraction of sp³-hybridized carbons (Fsp3) is 0.417. The highest BCUT2D eigenvalue weighted by Gasteiger charge is 2.15. The van der Waals surface area contributed by atoms with Crippen LogP contribution in [-0.4, -0.2) is 29.0 Å². The summed E-state index contributed by atoms with van der Waals surface area (Å²) in [4.78, 5) is 13.7. The summed E-state index contributed by atoms with van der Waals surface area (Å²) in [6.07, 6.45) is 0.924. The number of nitrogens with zero attached hydrogens (tertiary/aromatic N) is 1. The van der Waals surface area contributed by atoms with Crippen LogP contribution in [0, 0.1) is 0 Å². The summed E-state index contributed by atoms with van der Waals surface area (Å²) in [5.41, 5.74) is 0.382. The molecule has 0 aliphatic carbocycles. The van der Waals surface area contributed by atoms with Crippen molar-refractivity contribution in [1.82, 2.24) is 4.90 Å². The summed E-state index contributed by atoms with van der Waals surface area (Å²) in [7, 11) is 0. The zero-order chi connectivity index (χ0) is 11.3. The van der Waals surface area contributed by atoms with Crippen LogP contribution in [0.3, 0.4) is 0 Å². The van der Waals surface area contributed by atoms with E-state index in [0.29, 0.717) is 12.1 Å². The monoisotopic (exact) mass is 207 g/mol. The number of amides is 1. The lowest BCUT2D eigenvalue weighted by Gasteiger charge is -2.20. The standard InChI is InChI=1S/C12H17NO2/c1-3-9-13(4-2)12(15)10-7-5-6-8-11(10)14/h5-8,14H,3-4,9H2,1-2H3. The highest BCUT2D eigenvalue weighted by atomic mass is 16.3. The van der Waals surface area contributed by atoms with E-state index in [-0.39, 0.29) is 11.7 Å². The van der Waals surface area contributed by atoms with Crippen LogP contribution in [0.25, 0.3) is 0 Å². The van der Waals surface area contributed by atoms with E-state index in [0.717, 1.165) is 13.0 Å². The highest BCUT2D eigenvalue weighted by molar-refractivity contribution is 5.96. The maximum Gasteiger partial charge on any atom is 0.257 e. The van der Waals surface area contributed by atoms with Gasteiger partial charge >= 0.3 is 0 Å². The third-order valence-electron chi connectivity index (χ3n) is 2.30. The molecule has 3 heteroatoms. The molecule has 1 aromatic carbocycles. The van der Waals surface area contributed by atoms with Crippen LogP contribution in [0.1, 0.15) is 30.6 Å². The maximum atomic E-state index is 12.0. The van der Waals surface area contributed by atoms with Gasteiger partial charge in [0.2, 0.25) is 0 Å². The second kappa shape index (κ2) is 5.39. The van der Waals surface area contributed by atoms with Crippen molar-refractivity contribution in [2.45, 2.75) is 20.3 Å². The average Bonchev–Trinajstić information content (AvgIpc) is 2.25. The Hall–Kier alpha value is -1.51. The predicted octanol–water partition coefficient (Wildman–Crippen LogP) is 2.26. The largest absolute Gasteiger partial charge is 0.507 e. The number of aromatic hydroxyl groups is 1. The minimum Gasteiger partial charge on any atom is -0.507 e. The van der Waals surface area contributed by atoms with Gasteiger partial charge in [-0.2, -0.15) is 0 Å². The number of carbonyl (C=O) groups is 1. The fourth-order valence-corrected chi connectivity index (χ4v) is 1.50. The number of phenolic OH excluding ortho intramolecular Hbond substituents is 1. The Kier molecular flexibility index (Phi) is 4.16. The molecular weight excluding hydrogens is 190 g/mol. The number of phenols is 1. The molecule has 0 heterocycles. The van der Waals surface area contributed by atoms with Crippen LogP contribution >= 0.6 is 0 Å². The van der Waals surface area contributed by atoms with E-state index in [1.165, 1.54) is 6.07 Å². The van der Waals surface area contributed by atoms with Gasteiger partial charge in [0.25, 0.3) is 5.91 Å². The van der Waals surface area contributed by atoms with Gasteiger partial charge in [0.15, 0.2) is 0 Å². The van der Waals surface area contributed by atoms with E-state index >= 15 is 0 Å². The van der Waals surface area contributed by atoms with Crippen LogP contribution in [0.5, 0.6) is 5.75 Å². The Morgan fingerprint density at radius 3 is 2.53 bits per heavy atom. The minimum atomic E-state index is -0.0996. The Balaban J connectivity index is 2.88. The van der Waals surface area contributed by atoms with Crippen molar-refractivity contribution in [3.63, 3.8) is 0 Å². The molecule has 15 heavy (non-hydrogen) atoms. The number of hydrogen-bond acceptors (Lipinski definition) is 2. The van der Waals surface area contributed by atoms with Crippen molar-refractivity contribution in [2.75, 3.05) is 13.1 Å². The number of rotatable bonds is 4. The van der Waals surface area contributed by atoms with Crippen LogP contribution in [0.2, 0.25) is 0 Å². The molecule has 1 N–H and O–H groups in total. The van der Waals surface area contributed by atoms with Crippen molar-refractivity contribution in [2.24, 2.45) is 0 Å². The number of hydrogen-bond donors (Lipinski definition) is 1. The van der Waals surface area contributed by atoms with Crippen molar-refractivity contribution >= 4 is 5.91 Å². The van der Waals surface area contributed by atoms with E-state index in [2.05, 4.69) is 0 Å². The van der Waals surface area contributed by atoms with Crippen molar-refractivity contribution in [3.8, 4) is 5.75 Å². The molecule has 0 aliphatic heterocycles. The first-order valence-electron chi connectivity index (χ1n) is 5.28. The third kappa shape index (κ3) is 2.72. The van der Waals surface area contributed by atoms with Crippen LogP contribution < -0.4 is 0 Å². The fourth-order valence-electron chi connectivity index (χ4n) is 1.50. The summed E-state index contributed by atoms with van der Waals surface area (Å²) >= 11 is 0. The molecule has 1 amide bonds. The molecule has 0 bridgehead atoms. The maximum absolute atomic E-state index is 12.0. The SMILES string of the molecule is CCCN(CC)C(=O)c1ccccc1O. The van der Waals surface area contributed by atoms with Gasteiger partial charge in [0.1, 0.15) is 5.75 Å². The quantitative estimate of drug-likeness (QED) is 0.822. The Labute approximate surface area is 90.3 Å². The summed E-state index contributed by atoms with van der Waals surface area (Å²) < 4.78 is 0. The third-order valence-corrected chi connectivity index (χ3v) is 2.30. The first kappa shape index (κ1) is 11.6. The second-order valence-corrected chi connectivity index (χ2v) is 3.40. The molecule has 0 fully saturated rings. The van der Waals surface area contributed by atoms with E-state index in [1.807, 2.05) is 13.8 Å². The first-order valence-corrected chi connectivity index (χ1v) is 5.28. The van der Waals surface area contributed by atoms with Crippen molar-refractivity contribution < 1.29 is 9.90 Å². The molecular formula is C12H17NO2. The van der Waals surface area contributed by atoms with Crippen LogP contribution in [0.15, 0.2) is 24.3 Å². The van der Waals surface area contributed by atoms with Gasteiger partial charge in [-0.3, -0.25) is 4.79 Å². The Morgan fingerprint density at radius 2 is 2.00 bits per heavy atom. The molecule has 0 radical (unpaired) electrons. The first-order chi connectivity index (χ1) is 7.20. The Bertz CT molecular complexity index is 336. The molecule has 82 valence electrons. The topological polar surface area (TPSA) is 40.5 Å². The van der Waals surface area contributed by atoms with Gasteiger partial charge in [-0.05, 0) is 25.5 Å².